The summed E-state index contributed by atoms with van der Waals surface area (Å²) in [6.07, 6.45) is 1.94. The minimum absolute atomic E-state index is 0.212. The summed E-state index contributed by atoms with van der Waals surface area (Å²) >= 11 is 6.07. The highest BCUT2D eigenvalue weighted by molar-refractivity contribution is 7.86. The van der Waals surface area contributed by atoms with Gasteiger partial charge in [-0.15, -0.1) is 0 Å². The quantitative estimate of drug-likeness (QED) is 0.328. The summed E-state index contributed by atoms with van der Waals surface area (Å²) in [4.78, 5) is 16.9. The fourth-order valence-electron chi connectivity index (χ4n) is 3.22. The molecule has 2 aromatic carbocycles. The highest BCUT2D eigenvalue weighted by Gasteiger charge is 2.22. The average Bonchev–Trinajstić information content (AvgIpc) is 3.19. The van der Waals surface area contributed by atoms with Gasteiger partial charge >= 0.3 is 0 Å². The molecule has 1 amide bonds. The second kappa shape index (κ2) is 9.63. The fourth-order valence-corrected chi connectivity index (χ4v) is 4.29. The first-order valence-corrected chi connectivity index (χ1v) is 11.6. The van der Waals surface area contributed by atoms with Gasteiger partial charge in [0.25, 0.3) is 5.91 Å². The number of hydrogen-bond donors (Lipinski definition) is 3. The van der Waals surface area contributed by atoms with Crippen LogP contribution in [0.4, 0.5) is 20.2 Å². The molecule has 0 aliphatic heterocycles. The van der Waals surface area contributed by atoms with Crippen LogP contribution >= 0.6 is 11.6 Å². The van der Waals surface area contributed by atoms with Crippen LogP contribution in [0, 0.1) is 11.6 Å². The summed E-state index contributed by atoms with van der Waals surface area (Å²) in [5.41, 5.74) is 0.967. The van der Waals surface area contributed by atoms with E-state index in [0.29, 0.717) is 28.2 Å². The number of nitrogens with zero attached hydrogens (tertiary/aromatic N) is 2. The Labute approximate surface area is 195 Å². The third-order valence-corrected chi connectivity index (χ3v) is 6.17. The predicted molar refractivity (Wildman–Crippen MR) is 126 cm³/mol. The van der Waals surface area contributed by atoms with Gasteiger partial charge in [0.05, 0.1) is 23.3 Å². The number of aromatic amines is 1. The number of rotatable bonds is 7. The molecule has 0 aliphatic rings. The molecule has 3 N–H and O–H groups in total. The van der Waals surface area contributed by atoms with Gasteiger partial charge in [-0.3, -0.25) is 9.89 Å². The van der Waals surface area contributed by atoms with Crippen molar-refractivity contribution in [3.63, 3.8) is 0 Å². The van der Waals surface area contributed by atoms with E-state index < -0.39 is 34.1 Å². The molecule has 170 valence electrons. The molecule has 0 spiro atoms. The summed E-state index contributed by atoms with van der Waals surface area (Å²) in [6.45, 7) is 1.82. The third-order valence-electron chi connectivity index (χ3n) is 4.71. The van der Waals surface area contributed by atoms with Crippen LogP contribution < -0.4 is 10.0 Å². The Morgan fingerprint density at radius 1 is 1.21 bits per heavy atom. The van der Waals surface area contributed by atoms with Crippen LogP contribution in [0.2, 0.25) is 5.02 Å². The topological polar surface area (TPSA) is 99.8 Å². The normalized spacial score (nSPS) is 12.0. The zero-order valence-electron chi connectivity index (χ0n) is 17.3. The number of amides is 1. The monoisotopic (exact) mass is 489 g/mol. The van der Waals surface area contributed by atoms with E-state index in [4.69, 9.17) is 11.6 Å². The Morgan fingerprint density at radius 2 is 2.03 bits per heavy atom. The van der Waals surface area contributed by atoms with Crippen molar-refractivity contribution in [2.75, 3.05) is 15.8 Å². The molecule has 0 radical (unpaired) electrons. The Bertz CT molecular complexity index is 1380. The van der Waals surface area contributed by atoms with Gasteiger partial charge in [-0.2, -0.15) is 5.10 Å². The smallest absolute Gasteiger partial charge is 0.261 e. The number of carbonyl (C=O) groups is 1. The van der Waals surface area contributed by atoms with Gasteiger partial charge < -0.3 is 10.0 Å². The number of aromatic nitrogens is 3. The van der Waals surface area contributed by atoms with Crippen LogP contribution in [0.3, 0.4) is 0 Å². The molecule has 0 saturated carbocycles. The van der Waals surface area contributed by atoms with Gasteiger partial charge in [0.2, 0.25) is 0 Å². The maximum atomic E-state index is 14.9. The van der Waals surface area contributed by atoms with Crippen LogP contribution in [0.1, 0.15) is 23.7 Å². The van der Waals surface area contributed by atoms with Crippen molar-refractivity contribution in [1.82, 2.24) is 15.2 Å². The number of anilines is 2. The fraction of sp³-hybridized carbons (Fsp3) is 0.136. The van der Waals surface area contributed by atoms with E-state index in [1.807, 2.05) is 13.0 Å². The van der Waals surface area contributed by atoms with Crippen LogP contribution in [-0.2, 0) is 11.0 Å². The molecule has 11 heteroatoms. The maximum Gasteiger partial charge on any atom is 0.261 e. The zero-order valence-corrected chi connectivity index (χ0v) is 18.9. The minimum Gasteiger partial charge on any atom is -0.320 e. The molecule has 4 rings (SSSR count). The largest absolute Gasteiger partial charge is 0.320 e. The van der Waals surface area contributed by atoms with E-state index in [1.165, 1.54) is 6.20 Å². The molecule has 4 aromatic rings. The van der Waals surface area contributed by atoms with Crippen molar-refractivity contribution >= 4 is 50.9 Å². The van der Waals surface area contributed by atoms with Crippen LogP contribution in [0.5, 0.6) is 0 Å². The number of nitrogens with one attached hydrogen (secondary N) is 3. The molecule has 2 heterocycles. The number of carbonyl (C=O) groups excluding carboxylic acids is 1. The van der Waals surface area contributed by atoms with Crippen LogP contribution in [0.25, 0.3) is 22.3 Å². The first kappa shape index (κ1) is 22.8. The third kappa shape index (κ3) is 4.86. The molecular weight excluding hydrogens is 472 g/mol. The zero-order chi connectivity index (χ0) is 23.5. The van der Waals surface area contributed by atoms with Crippen molar-refractivity contribution in [2.45, 2.75) is 13.3 Å². The van der Waals surface area contributed by atoms with Crippen LogP contribution in [0.15, 0.2) is 48.7 Å². The van der Waals surface area contributed by atoms with E-state index >= 15 is 0 Å². The minimum atomic E-state index is -1.56. The standard InChI is InChI=1S/C22H18ClF2N5O2S/c1-2-8-33(32)30-17-7-6-16(24)18(19(17)25)22(31)27-14-10-15-20(28-29-21(15)26-11-14)12-4-3-5-13(23)9-12/h3-7,9-11,30H,2,8H2,1H3,(H,27,31)(H,26,28,29). The lowest BCUT2D eigenvalue weighted by Crippen LogP contribution is -2.18. The van der Waals surface area contributed by atoms with Crippen molar-refractivity contribution in [3.05, 3.63) is 70.9 Å². The lowest BCUT2D eigenvalue weighted by atomic mass is 10.1. The number of hydrogen-bond acceptors (Lipinski definition) is 4. The van der Waals surface area contributed by atoms with Gasteiger partial charge in [-0.1, -0.05) is 30.7 Å². The predicted octanol–water partition coefficient (Wildman–Crippen LogP) is 5.29. The molecule has 33 heavy (non-hydrogen) atoms. The number of fused-ring (bicyclic) bond motifs is 1. The number of halogens is 3. The number of H-pyrrole nitrogens is 1. The molecule has 0 bridgehead atoms. The molecule has 0 saturated heterocycles. The molecule has 1 unspecified atom stereocenters. The van der Waals surface area contributed by atoms with Gasteiger partial charge in [0.15, 0.2) is 11.5 Å². The van der Waals surface area contributed by atoms with Gasteiger partial charge in [-0.25, -0.2) is 18.0 Å². The van der Waals surface area contributed by atoms with E-state index in [0.717, 1.165) is 17.7 Å². The van der Waals surface area contributed by atoms with Crippen molar-refractivity contribution in [2.24, 2.45) is 0 Å². The van der Waals surface area contributed by atoms with Gasteiger partial charge in [-0.05, 0) is 36.8 Å². The maximum absolute atomic E-state index is 14.9. The van der Waals surface area contributed by atoms with E-state index in [9.17, 15) is 17.8 Å². The molecule has 0 aliphatic carbocycles. The van der Waals surface area contributed by atoms with Crippen molar-refractivity contribution in [1.29, 1.82) is 0 Å². The molecule has 1 atom stereocenters. The van der Waals surface area contributed by atoms with E-state index in [1.54, 1.807) is 24.3 Å². The van der Waals surface area contributed by atoms with Gasteiger partial charge in [0, 0.05) is 21.7 Å². The average molecular weight is 490 g/mol. The van der Waals surface area contributed by atoms with E-state index in [-0.39, 0.29) is 17.1 Å². The lowest BCUT2D eigenvalue weighted by Gasteiger charge is -2.11. The highest BCUT2D eigenvalue weighted by atomic mass is 35.5. The van der Waals surface area contributed by atoms with Crippen molar-refractivity contribution in [3.8, 4) is 11.3 Å². The Balaban J connectivity index is 1.64. The Morgan fingerprint density at radius 3 is 2.79 bits per heavy atom. The summed E-state index contributed by atoms with van der Waals surface area (Å²) in [7, 11) is -1.56. The summed E-state index contributed by atoms with van der Waals surface area (Å²) in [5, 5.41) is 10.6. The Hall–Kier alpha value is -3.37. The molecular formula is C22H18ClF2N5O2S. The summed E-state index contributed by atoms with van der Waals surface area (Å²) in [6, 6.07) is 10.7. The van der Waals surface area contributed by atoms with Crippen LogP contribution in [-0.4, -0.2) is 31.1 Å². The summed E-state index contributed by atoms with van der Waals surface area (Å²) in [5.74, 6) is -2.91. The molecule has 7 nitrogen and oxygen atoms in total. The Kier molecular flexibility index (Phi) is 6.66. The first-order valence-electron chi connectivity index (χ1n) is 9.91. The van der Waals surface area contributed by atoms with Gasteiger partial charge in [0.1, 0.15) is 22.4 Å². The second-order valence-electron chi connectivity index (χ2n) is 7.09. The summed E-state index contributed by atoms with van der Waals surface area (Å²) < 4.78 is 43.6. The SMILES string of the molecule is CCCS(=O)Nc1ccc(F)c(C(=O)Nc2cnc3n[nH]c(-c4cccc(Cl)c4)c3c2)c1F. The molecule has 0 fully saturated rings. The number of pyridine rings is 1. The lowest BCUT2D eigenvalue weighted by molar-refractivity contribution is 0.101. The second-order valence-corrected chi connectivity index (χ2v) is 8.83. The van der Waals surface area contributed by atoms with Crippen molar-refractivity contribution < 1.29 is 17.8 Å². The molecule has 2 aromatic heterocycles. The first-order chi connectivity index (χ1) is 15.9. The highest BCUT2D eigenvalue weighted by Crippen LogP contribution is 2.29. The number of benzene rings is 2. The van der Waals surface area contributed by atoms with E-state index in [2.05, 4.69) is 25.2 Å².